The molecule has 5 nitrogen and oxygen atoms in total. The molecule has 126 valence electrons. The van der Waals surface area contributed by atoms with E-state index in [-0.39, 0.29) is 6.03 Å². The monoisotopic (exact) mass is 382 g/mol. The summed E-state index contributed by atoms with van der Waals surface area (Å²) in [6.07, 6.45) is 2.42. The summed E-state index contributed by atoms with van der Waals surface area (Å²) in [5.41, 5.74) is 3.00. The van der Waals surface area contributed by atoms with Crippen LogP contribution in [0.1, 0.15) is 30.4 Å². The lowest BCUT2D eigenvalue weighted by atomic mass is 10.0. The topological polar surface area (TPSA) is 50.8 Å². The zero-order chi connectivity index (χ0) is 16.4. The highest BCUT2D eigenvalue weighted by atomic mass is 79.9. The molecule has 1 aromatic carbocycles. The summed E-state index contributed by atoms with van der Waals surface area (Å²) in [7, 11) is 0. The molecule has 2 fully saturated rings. The fraction of sp³-hybridized carbons (Fsp3) is 0.588. The van der Waals surface area contributed by atoms with Gasteiger partial charge in [0.05, 0.1) is 13.2 Å². The average Bonchev–Trinajstić information content (AvgIpc) is 2.52. The Bertz CT molecular complexity index is 566. The van der Waals surface area contributed by atoms with Crippen LogP contribution in [-0.4, -0.2) is 43.0 Å². The van der Waals surface area contributed by atoms with Crippen molar-refractivity contribution in [3.05, 3.63) is 27.7 Å². The standard InChI is InChI=1S/C17H23BrN2O3/c1-12-10-14(18)11-13(2)15(12)19-16(21)20-6-4-17(5-7-20)22-8-3-9-23-17/h10-11H,3-9H2,1-2H3,(H,19,21). The van der Waals surface area contributed by atoms with Gasteiger partial charge in [-0.2, -0.15) is 0 Å². The maximum Gasteiger partial charge on any atom is 0.321 e. The molecule has 23 heavy (non-hydrogen) atoms. The summed E-state index contributed by atoms with van der Waals surface area (Å²) in [4.78, 5) is 14.4. The van der Waals surface area contributed by atoms with E-state index in [1.807, 2.05) is 30.9 Å². The van der Waals surface area contributed by atoms with Crippen LogP contribution in [0.2, 0.25) is 0 Å². The van der Waals surface area contributed by atoms with E-state index in [9.17, 15) is 4.79 Å². The van der Waals surface area contributed by atoms with Gasteiger partial charge in [-0.25, -0.2) is 4.79 Å². The van der Waals surface area contributed by atoms with Crippen LogP contribution >= 0.6 is 15.9 Å². The minimum absolute atomic E-state index is 0.0517. The van der Waals surface area contributed by atoms with Gasteiger partial charge in [0.25, 0.3) is 0 Å². The third kappa shape index (κ3) is 3.70. The molecule has 2 heterocycles. The number of benzene rings is 1. The Morgan fingerprint density at radius 1 is 1.17 bits per heavy atom. The van der Waals surface area contributed by atoms with Gasteiger partial charge in [-0.15, -0.1) is 0 Å². The second-order valence-corrected chi connectivity index (χ2v) is 7.21. The largest absolute Gasteiger partial charge is 0.350 e. The number of amides is 2. The molecule has 6 heteroatoms. The van der Waals surface area contributed by atoms with Gasteiger partial charge in [0.2, 0.25) is 0 Å². The SMILES string of the molecule is Cc1cc(Br)cc(C)c1NC(=O)N1CCC2(CC1)OCCCO2. The van der Waals surface area contributed by atoms with Crippen molar-refractivity contribution in [1.29, 1.82) is 0 Å². The molecule has 0 aliphatic carbocycles. The van der Waals surface area contributed by atoms with Crippen LogP contribution in [0.5, 0.6) is 0 Å². The van der Waals surface area contributed by atoms with E-state index in [1.165, 1.54) is 0 Å². The van der Waals surface area contributed by atoms with Gasteiger partial charge < -0.3 is 19.7 Å². The van der Waals surface area contributed by atoms with Crippen LogP contribution in [0.3, 0.4) is 0 Å². The molecule has 2 aliphatic heterocycles. The first-order valence-corrected chi connectivity index (χ1v) is 8.89. The molecule has 3 rings (SSSR count). The molecule has 0 saturated carbocycles. The van der Waals surface area contributed by atoms with E-state index in [1.54, 1.807) is 0 Å². The van der Waals surface area contributed by atoms with E-state index in [4.69, 9.17) is 9.47 Å². The van der Waals surface area contributed by atoms with Gasteiger partial charge in [0.1, 0.15) is 0 Å². The van der Waals surface area contributed by atoms with Crippen LogP contribution in [0.4, 0.5) is 10.5 Å². The predicted molar refractivity (Wildman–Crippen MR) is 92.7 cm³/mol. The Morgan fingerprint density at radius 3 is 2.30 bits per heavy atom. The zero-order valence-corrected chi connectivity index (χ0v) is 15.2. The number of nitrogens with one attached hydrogen (secondary N) is 1. The van der Waals surface area contributed by atoms with E-state index in [0.29, 0.717) is 13.1 Å². The number of nitrogens with zero attached hydrogens (tertiary/aromatic N) is 1. The third-order valence-corrected chi connectivity index (χ3v) is 5.02. The zero-order valence-electron chi connectivity index (χ0n) is 13.7. The smallest absolute Gasteiger partial charge is 0.321 e. The second-order valence-electron chi connectivity index (χ2n) is 6.29. The number of piperidine rings is 1. The number of hydrogen-bond donors (Lipinski definition) is 1. The predicted octanol–water partition coefficient (Wildman–Crippen LogP) is 3.83. The summed E-state index contributed by atoms with van der Waals surface area (Å²) in [6.45, 7) is 6.82. The summed E-state index contributed by atoms with van der Waals surface area (Å²) < 4.78 is 12.7. The average molecular weight is 383 g/mol. The van der Waals surface area contributed by atoms with Crippen molar-refractivity contribution in [3.8, 4) is 0 Å². The Kier molecular flexibility index (Phi) is 4.94. The number of aryl methyl sites for hydroxylation is 2. The lowest BCUT2D eigenvalue weighted by Gasteiger charge is -2.43. The van der Waals surface area contributed by atoms with Crippen molar-refractivity contribution in [3.63, 3.8) is 0 Å². The summed E-state index contributed by atoms with van der Waals surface area (Å²) >= 11 is 3.48. The highest BCUT2D eigenvalue weighted by molar-refractivity contribution is 9.10. The fourth-order valence-electron chi connectivity index (χ4n) is 3.25. The molecule has 0 radical (unpaired) electrons. The van der Waals surface area contributed by atoms with Crippen molar-refractivity contribution >= 4 is 27.6 Å². The molecule has 1 spiro atoms. The number of halogens is 1. The summed E-state index contributed by atoms with van der Waals surface area (Å²) in [5, 5.41) is 3.05. The van der Waals surface area contributed by atoms with Crippen LogP contribution in [0, 0.1) is 13.8 Å². The summed E-state index contributed by atoms with van der Waals surface area (Å²) in [5.74, 6) is -0.460. The van der Waals surface area contributed by atoms with Crippen LogP contribution in [0.25, 0.3) is 0 Å². The number of urea groups is 1. The first kappa shape index (κ1) is 16.7. The number of ether oxygens (including phenoxy) is 2. The van der Waals surface area contributed by atoms with Gasteiger partial charge in [-0.3, -0.25) is 0 Å². The minimum Gasteiger partial charge on any atom is -0.350 e. The van der Waals surface area contributed by atoms with Crippen molar-refractivity contribution in [1.82, 2.24) is 4.90 Å². The fourth-order valence-corrected chi connectivity index (χ4v) is 3.94. The Hall–Kier alpha value is -1.11. The van der Waals surface area contributed by atoms with Crippen LogP contribution in [0.15, 0.2) is 16.6 Å². The summed E-state index contributed by atoms with van der Waals surface area (Å²) in [6, 6.07) is 3.97. The van der Waals surface area contributed by atoms with E-state index < -0.39 is 5.79 Å². The van der Waals surface area contributed by atoms with Crippen LogP contribution in [-0.2, 0) is 9.47 Å². The number of carbonyl (C=O) groups excluding carboxylic acids is 1. The lowest BCUT2D eigenvalue weighted by molar-refractivity contribution is -0.281. The van der Waals surface area contributed by atoms with Crippen molar-refractivity contribution in [2.75, 3.05) is 31.6 Å². The molecule has 1 N–H and O–H groups in total. The molecule has 2 saturated heterocycles. The molecule has 0 atom stereocenters. The normalized spacial score (nSPS) is 20.6. The molecule has 2 amide bonds. The maximum absolute atomic E-state index is 12.5. The first-order chi connectivity index (χ1) is 11.0. The maximum atomic E-state index is 12.5. The highest BCUT2D eigenvalue weighted by Gasteiger charge is 2.39. The van der Waals surface area contributed by atoms with Crippen molar-refractivity contribution in [2.24, 2.45) is 0 Å². The third-order valence-electron chi connectivity index (χ3n) is 4.56. The number of anilines is 1. The molecule has 0 unspecified atom stereocenters. The number of likely N-dealkylation sites (tertiary alicyclic amines) is 1. The lowest BCUT2D eigenvalue weighted by Crippen LogP contribution is -2.52. The molecular formula is C17H23BrN2O3. The van der Waals surface area contributed by atoms with Gasteiger partial charge in [0, 0.05) is 36.1 Å². The van der Waals surface area contributed by atoms with Crippen molar-refractivity contribution in [2.45, 2.75) is 38.9 Å². The van der Waals surface area contributed by atoms with Gasteiger partial charge in [-0.1, -0.05) is 15.9 Å². The number of hydrogen-bond acceptors (Lipinski definition) is 3. The van der Waals surface area contributed by atoms with E-state index in [0.717, 1.165) is 53.8 Å². The quantitative estimate of drug-likeness (QED) is 0.802. The van der Waals surface area contributed by atoms with Crippen LogP contribution < -0.4 is 5.32 Å². The highest BCUT2D eigenvalue weighted by Crippen LogP contribution is 2.31. The van der Waals surface area contributed by atoms with Gasteiger partial charge >= 0.3 is 6.03 Å². The molecule has 2 aliphatic rings. The molecule has 0 bridgehead atoms. The van der Waals surface area contributed by atoms with Crippen molar-refractivity contribution < 1.29 is 14.3 Å². The Balaban J connectivity index is 1.62. The number of rotatable bonds is 1. The van der Waals surface area contributed by atoms with Gasteiger partial charge in [0.15, 0.2) is 5.79 Å². The van der Waals surface area contributed by atoms with Gasteiger partial charge in [-0.05, 0) is 43.5 Å². The first-order valence-electron chi connectivity index (χ1n) is 8.10. The molecule has 0 aromatic heterocycles. The van der Waals surface area contributed by atoms with E-state index >= 15 is 0 Å². The number of carbonyl (C=O) groups is 1. The Labute approximate surface area is 145 Å². The molecular weight excluding hydrogens is 360 g/mol. The second kappa shape index (κ2) is 6.79. The molecule has 1 aromatic rings. The van der Waals surface area contributed by atoms with E-state index in [2.05, 4.69) is 21.2 Å². The Morgan fingerprint density at radius 2 is 1.74 bits per heavy atom. The minimum atomic E-state index is -0.460.